The second-order valence-electron chi connectivity index (χ2n) is 7.28. The third kappa shape index (κ3) is 3.78. The molecule has 2 aromatic carbocycles. The van der Waals surface area contributed by atoms with Gasteiger partial charge in [-0.3, -0.25) is 14.7 Å². The molecule has 1 N–H and O–H groups in total. The summed E-state index contributed by atoms with van der Waals surface area (Å²) in [4.78, 5) is 43.6. The van der Waals surface area contributed by atoms with Gasteiger partial charge in [0.15, 0.2) is 6.17 Å². The summed E-state index contributed by atoms with van der Waals surface area (Å²) in [6.07, 6.45) is 0.962. The molecule has 8 heteroatoms. The van der Waals surface area contributed by atoms with E-state index in [4.69, 9.17) is 9.47 Å². The van der Waals surface area contributed by atoms with Gasteiger partial charge in [0.25, 0.3) is 5.91 Å². The van der Waals surface area contributed by atoms with E-state index < -0.39 is 18.1 Å². The van der Waals surface area contributed by atoms with Gasteiger partial charge in [0.1, 0.15) is 0 Å². The van der Waals surface area contributed by atoms with Crippen molar-refractivity contribution in [2.75, 3.05) is 24.4 Å². The fraction of sp³-hybridized carbons (Fsp3) is 0.167. The SMILES string of the molecule is COC(=O)c1cc(N[C@@H]2c3ncccc3C(=O)N2c2ccc(C)cc2)cc(C(=O)OC)c1. The Morgan fingerprint density at radius 1 is 0.969 bits per heavy atom. The molecular weight excluding hydrogens is 410 g/mol. The van der Waals surface area contributed by atoms with E-state index >= 15 is 0 Å². The van der Waals surface area contributed by atoms with Crippen molar-refractivity contribution in [2.45, 2.75) is 13.1 Å². The summed E-state index contributed by atoms with van der Waals surface area (Å²) in [6, 6.07) is 15.5. The lowest BCUT2D eigenvalue weighted by molar-refractivity contribution is 0.0599. The smallest absolute Gasteiger partial charge is 0.337 e. The Bertz CT molecular complexity index is 1170. The molecule has 32 heavy (non-hydrogen) atoms. The number of esters is 2. The van der Waals surface area contributed by atoms with Crippen molar-refractivity contribution in [3.8, 4) is 0 Å². The van der Waals surface area contributed by atoms with Crippen LogP contribution < -0.4 is 10.2 Å². The fourth-order valence-electron chi connectivity index (χ4n) is 3.63. The minimum absolute atomic E-state index is 0.172. The van der Waals surface area contributed by atoms with Crippen LogP contribution in [0.15, 0.2) is 60.8 Å². The van der Waals surface area contributed by atoms with E-state index in [1.54, 1.807) is 35.4 Å². The van der Waals surface area contributed by atoms with Gasteiger partial charge in [0.2, 0.25) is 0 Å². The number of aromatic nitrogens is 1. The maximum absolute atomic E-state index is 13.2. The molecule has 0 unspecified atom stereocenters. The first-order valence-electron chi connectivity index (χ1n) is 9.86. The van der Waals surface area contributed by atoms with Gasteiger partial charge < -0.3 is 14.8 Å². The van der Waals surface area contributed by atoms with Crippen LogP contribution in [0.1, 0.15) is 48.5 Å². The fourth-order valence-corrected chi connectivity index (χ4v) is 3.63. The highest BCUT2D eigenvalue weighted by molar-refractivity contribution is 6.11. The van der Waals surface area contributed by atoms with Crippen molar-refractivity contribution < 1.29 is 23.9 Å². The molecular formula is C24H21N3O5. The molecule has 0 saturated carbocycles. The van der Waals surface area contributed by atoms with E-state index in [9.17, 15) is 14.4 Å². The van der Waals surface area contributed by atoms with E-state index in [1.165, 1.54) is 20.3 Å². The molecule has 4 rings (SSSR count). The molecule has 1 aliphatic rings. The topological polar surface area (TPSA) is 97.8 Å². The lowest BCUT2D eigenvalue weighted by Gasteiger charge is -2.27. The summed E-state index contributed by atoms with van der Waals surface area (Å²) >= 11 is 0. The third-order valence-corrected chi connectivity index (χ3v) is 5.20. The second-order valence-corrected chi connectivity index (χ2v) is 7.28. The van der Waals surface area contributed by atoms with E-state index in [0.717, 1.165) is 5.56 Å². The van der Waals surface area contributed by atoms with Crippen molar-refractivity contribution in [2.24, 2.45) is 0 Å². The molecule has 0 radical (unpaired) electrons. The maximum atomic E-state index is 13.2. The summed E-state index contributed by atoms with van der Waals surface area (Å²) in [5.41, 5.74) is 3.55. The van der Waals surface area contributed by atoms with Gasteiger partial charge in [0.05, 0.1) is 36.6 Å². The molecule has 2 heterocycles. The average Bonchev–Trinajstić information content (AvgIpc) is 3.10. The van der Waals surface area contributed by atoms with Gasteiger partial charge in [0, 0.05) is 17.6 Å². The van der Waals surface area contributed by atoms with E-state index in [0.29, 0.717) is 22.6 Å². The maximum Gasteiger partial charge on any atom is 0.337 e. The number of hydrogen-bond donors (Lipinski definition) is 1. The first kappa shape index (κ1) is 21.0. The number of rotatable bonds is 5. The molecule has 162 valence electrons. The minimum Gasteiger partial charge on any atom is -0.465 e. The zero-order valence-corrected chi connectivity index (χ0v) is 17.8. The van der Waals surface area contributed by atoms with Gasteiger partial charge in [-0.05, 0) is 49.4 Å². The predicted octanol–water partition coefficient (Wildman–Crippen LogP) is 3.73. The molecule has 1 aromatic heterocycles. The highest BCUT2D eigenvalue weighted by Gasteiger charge is 2.39. The highest BCUT2D eigenvalue weighted by atomic mass is 16.5. The lowest BCUT2D eigenvalue weighted by Crippen LogP contribution is -2.32. The number of nitrogens with zero attached hydrogens (tertiary/aromatic N) is 2. The average molecular weight is 431 g/mol. The molecule has 0 bridgehead atoms. The largest absolute Gasteiger partial charge is 0.465 e. The highest BCUT2D eigenvalue weighted by Crippen LogP contribution is 2.37. The summed E-state index contributed by atoms with van der Waals surface area (Å²) < 4.78 is 9.62. The molecule has 1 aliphatic heterocycles. The standard InChI is InChI=1S/C24H21N3O5/c1-14-6-8-18(9-7-14)27-21(20-19(22(27)28)5-4-10-25-20)26-17-12-15(23(29)31-2)11-16(13-17)24(30)32-3/h4-13,21,26H,1-3H3/t21-/m0/s1. The summed E-state index contributed by atoms with van der Waals surface area (Å²) in [6.45, 7) is 1.97. The molecule has 0 spiro atoms. The Hall–Kier alpha value is -4.20. The van der Waals surface area contributed by atoms with Crippen molar-refractivity contribution in [1.29, 1.82) is 0 Å². The summed E-state index contributed by atoms with van der Waals surface area (Å²) in [5, 5.41) is 3.26. The number of amides is 1. The first-order valence-corrected chi connectivity index (χ1v) is 9.86. The summed E-state index contributed by atoms with van der Waals surface area (Å²) in [5.74, 6) is -1.41. The molecule has 0 fully saturated rings. The number of carbonyl (C=O) groups is 3. The first-order chi connectivity index (χ1) is 15.4. The monoisotopic (exact) mass is 431 g/mol. The number of hydrogen-bond acceptors (Lipinski definition) is 7. The number of nitrogens with one attached hydrogen (secondary N) is 1. The number of pyridine rings is 1. The third-order valence-electron chi connectivity index (χ3n) is 5.20. The number of fused-ring (bicyclic) bond motifs is 1. The van der Waals surface area contributed by atoms with E-state index in [-0.39, 0.29) is 17.0 Å². The second kappa shape index (κ2) is 8.50. The van der Waals surface area contributed by atoms with Crippen LogP contribution in [0.3, 0.4) is 0 Å². The number of carbonyl (C=O) groups excluding carboxylic acids is 3. The van der Waals surface area contributed by atoms with Crippen LogP contribution in [0.2, 0.25) is 0 Å². The van der Waals surface area contributed by atoms with Crippen LogP contribution in [0, 0.1) is 6.92 Å². The van der Waals surface area contributed by atoms with Crippen molar-refractivity contribution >= 4 is 29.2 Å². The Morgan fingerprint density at radius 3 is 2.19 bits per heavy atom. The van der Waals surface area contributed by atoms with Crippen molar-refractivity contribution in [3.05, 3.63) is 88.7 Å². The molecule has 8 nitrogen and oxygen atoms in total. The number of benzene rings is 2. The van der Waals surface area contributed by atoms with E-state index in [1.807, 2.05) is 31.2 Å². The number of methoxy groups -OCH3 is 2. The van der Waals surface area contributed by atoms with Gasteiger partial charge in [-0.2, -0.15) is 0 Å². The Kier molecular flexibility index (Phi) is 5.59. The quantitative estimate of drug-likeness (QED) is 0.615. The normalized spacial score (nSPS) is 14.7. The van der Waals surface area contributed by atoms with Gasteiger partial charge in [-0.15, -0.1) is 0 Å². The molecule has 0 saturated heterocycles. The van der Waals surface area contributed by atoms with Crippen LogP contribution in [-0.4, -0.2) is 37.0 Å². The Morgan fingerprint density at radius 2 is 1.59 bits per heavy atom. The van der Waals surface area contributed by atoms with Crippen LogP contribution in [-0.2, 0) is 9.47 Å². The van der Waals surface area contributed by atoms with Gasteiger partial charge >= 0.3 is 11.9 Å². The van der Waals surface area contributed by atoms with Crippen LogP contribution in [0.25, 0.3) is 0 Å². The zero-order chi connectivity index (χ0) is 22.8. The molecule has 1 atom stereocenters. The van der Waals surface area contributed by atoms with Crippen LogP contribution >= 0.6 is 0 Å². The molecule has 0 aliphatic carbocycles. The molecule has 3 aromatic rings. The van der Waals surface area contributed by atoms with Crippen molar-refractivity contribution in [3.63, 3.8) is 0 Å². The van der Waals surface area contributed by atoms with Crippen molar-refractivity contribution in [1.82, 2.24) is 4.98 Å². The number of aryl methyl sites for hydroxylation is 1. The van der Waals surface area contributed by atoms with Crippen LogP contribution in [0.4, 0.5) is 11.4 Å². The zero-order valence-electron chi connectivity index (χ0n) is 17.8. The number of ether oxygens (including phenoxy) is 2. The van der Waals surface area contributed by atoms with Crippen LogP contribution in [0.5, 0.6) is 0 Å². The van der Waals surface area contributed by atoms with E-state index in [2.05, 4.69) is 10.3 Å². The Labute approximate surface area is 184 Å². The molecule has 1 amide bonds. The van der Waals surface area contributed by atoms with Gasteiger partial charge in [-0.1, -0.05) is 17.7 Å². The predicted molar refractivity (Wildman–Crippen MR) is 118 cm³/mol. The summed E-state index contributed by atoms with van der Waals surface area (Å²) in [7, 11) is 2.52. The lowest BCUT2D eigenvalue weighted by atomic mass is 10.1. The Balaban J connectivity index is 1.80. The minimum atomic E-state index is -0.653. The number of anilines is 2. The van der Waals surface area contributed by atoms with Gasteiger partial charge in [-0.25, -0.2) is 9.59 Å².